The van der Waals surface area contributed by atoms with Gasteiger partial charge >= 0.3 is 0 Å². The third-order valence-electron chi connectivity index (χ3n) is 3.14. The van der Waals surface area contributed by atoms with Gasteiger partial charge in [-0.2, -0.15) is 0 Å². The van der Waals surface area contributed by atoms with Crippen LogP contribution in [0.1, 0.15) is 24.1 Å². The number of hydrogen-bond acceptors (Lipinski definition) is 2. The molecule has 0 amide bonds. The number of methoxy groups -OCH3 is 1. The maximum absolute atomic E-state index is 5.30. The highest BCUT2D eigenvalue weighted by molar-refractivity contribution is 9.11. The summed E-state index contributed by atoms with van der Waals surface area (Å²) in [4.78, 5) is 0. The lowest BCUT2D eigenvalue weighted by Gasteiger charge is -2.20. The van der Waals surface area contributed by atoms with Crippen LogP contribution in [0.3, 0.4) is 0 Å². The normalized spacial score (nSPS) is 12.2. The molecule has 0 saturated carbocycles. The van der Waals surface area contributed by atoms with E-state index in [4.69, 9.17) is 4.74 Å². The second-order valence-electron chi connectivity index (χ2n) is 4.59. The molecule has 0 aromatic heterocycles. The molecule has 1 atom stereocenters. The van der Waals surface area contributed by atoms with Crippen LogP contribution >= 0.6 is 47.8 Å². The zero-order chi connectivity index (χ0) is 15.4. The van der Waals surface area contributed by atoms with Gasteiger partial charge in [0.1, 0.15) is 5.75 Å². The second kappa shape index (κ2) is 7.77. The average molecular weight is 478 g/mol. The van der Waals surface area contributed by atoms with E-state index in [0.29, 0.717) is 0 Å². The Hall–Kier alpha value is -0.360. The Morgan fingerprint density at radius 2 is 1.67 bits per heavy atom. The van der Waals surface area contributed by atoms with Gasteiger partial charge in [0.2, 0.25) is 0 Å². The molecule has 1 N–H and O–H groups in total. The quantitative estimate of drug-likeness (QED) is 0.598. The van der Waals surface area contributed by atoms with Gasteiger partial charge in [-0.1, -0.05) is 44.8 Å². The Kier molecular flexibility index (Phi) is 6.29. The van der Waals surface area contributed by atoms with Crippen LogP contribution in [0, 0.1) is 0 Å². The van der Waals surface area contributed by atoms with Crippen LogP contribution in [-0.4, -0.2) is 13.7 Å². The van der Waals surface area contributed by atoms with Crippen LogP contribution in [0.25, 0.3) is 0 Å². The van der Waals surface area contributed by atoms with Crippen LogP contribution in [-0.2, 0) is 0 Å². The molecule has 0 saturated heterocycles. The summed E-state index contributed by atoms with van der Waals surface area (Å²) in [7, 11) is 1.67. The van der Waals surface area contributed by atoms with E-state index in [0.717, 1.165) is 25.7 Å². The van der Waals surface area contributed by atoms with Crippen molar-refractivity contribution in [3.05, 3.63) is 60.9 Å². The highest BCUT2D eigenvalue weighted by Crippen LogP contribution is 2.32. The van der Waals surface area contributed by atoms with Gasteiger partial charge in [-0.05, 0) is 63.9 Å². The summed E-state index contributed by atoms with van der Waals surface area (Å²) < 4.78 is 8.37. The molecule has 0 spiro atoms. The number of hydrogen-bond donors (Lipinski definition) is 1. The highest BCUT2D eigenvalue weighted by Gasteiger charge is 2.15. The van der Waals surface area contributed by atoms with Gasteiger partial charge in [-0.25, -0.2) is 0 Å². The molecule has 0 heterocycles. The minimum Gasteiger partial charge on any atom is -0.496 e. The van der Waals surface area contributed by atoms with Gasteiger partial charge in [-0.3, -0.25) is 0 Å². The molecule has 0 aliphatic carbocycles. The van der Waals surface area contributed by atoms with E-state index in [1.54, 1.807) is 7.11 Å². The molecule has 21 heavy (non-hydrogen) atoms. The number of halogens is 3. The van der Waals surface area contributed by atoms with Crippen LogP contribution in [0.4, 0.5) is 0 Å². The maximum Gasteiger partial charge on any atom is 0.133 e. The van der Waals surface area contributed by atoms with Gasteiger partial charge in [0, 0.05) is 8.95 Å². The van der Waals surface area contributed by atoms with Crippen LogP contribution in [0.5, 0.6) is 5.75 Å². The van der Waals surface area contributed by atoms with E-state index in [-0.39, 0.29) is 6.04 Å². The van der Waals surface area contributed by atoms with Crippen molar-refractivity contribution in [1.29, 1.82) is 0 Å². The third kappa shape index (κ3) is 4.31. The van der Waals surface area contributed by atoms with Gasteiger partial charge in [0.15, 0.2) is 0 Å². The van der Waals surface area contributed by atoms with E-state index in [9.17, 15) is 0 Å². The number of ether oxygens (including phenoxy) is 1. The molecule has 2 aromatic carbocycles. The first-order chi connectivity index (χ1) is 10.0. The SMILES string of the molecule is CCNC(c1cc(Br)cc(Br)c1)c1ccc(OC)c(Br)c1. The zero-order valence-electron chi connectivity index (χ0n) is 11.8. The lowest BCUT2D eigenvalue weighted by atomic mass is 9.98. The van der Waals surface area contributed by atoms with E-state index in [2.05, 4.69) is 84.3 Å². The molecule has 2 nitrogen and oxygen atoms in total. The third-order valence-corrected chi connectivity index (χ3v) is 4.67. The zero-order valence-corrected chi connectivity index (χ0v) is 16.5. The number of benzene rings is 2. The maximum atomic E-state index is 5.30. The second-order valence-corrected chi connectivity index (χ2v) is 7.27. The van der Waals surface area contributed by atoms with Gasteiger partial charge in [0.05, 0.1) is 17.6 Å². The molecule has 0 radical (unpaired) electrons. The van der Waals surface area contributed by atoms with Crippen molar-refractivity contribution < 1.29 is 4.74 Å². The van der Waals surface area contributed by atoms with E-state index < -0.39 is 0 Å². The van der Waals surface area contributed by atoms with Crippen molar-refractivity contribution in [2.24, 2.45) is 0 Å². The first kappa shape index (κ1) is 17.0. The summed E-state index contributed by atoms with van der Waals surface area (Å²) in [5.74, 6) is 0.837. The van der Waals surface area contributed by atoms with Crippen molar-refractivity contribution in [2.45, 2.75) is 13.0 Å². The molecule has 1 unspecified atom stereocenters. The molecule has 0 bridgehead atoms. The largest absolute Gasteiger partial charge is 0.496 e. The molecule has 2 rings (SSSR count). The Labute approximate surface area is 150 Å². The molecular weight excluding hydrogens is 462 g/mol. The van der Waals surface area contributed by atoms with E-state index >= 15 is 0 Å². The van der Waals surface area contributed by atoms with Crippen molar-refractivity contribution in [3.63, 3.8) is 0 Å². The summed E-state index contributed by atoms with van der Waals surface area (Å²) in [5.41, 5.74) is 2.39. The standard InChI is InChI=1S/C16H16Br3NO/c1-3-20-16(11-6-12(17)9-13(18)7-11)10-4-5-15(21-2)14(19)8-10/h4-9,16,20H,3H2,1-2H3. The smallest absolute Gasteiger partial charge is 0.133 e. The lowest BCUT2D eigenvalue weighted by molar-refractivity contribution is 0.412. The first-order valence-corrected chi connectivity index (χ1v) is 8.96. The number of nitrogens with one attached hydrogen (secondary N) is 1. The molecule has 0 aliphatic rings. The van der Waals surface area contributed by atoms with Gasteiger partial charge < -0.3 is 10.1 Å². The van der Waals surface area contributed by atoms with E-state index in [1.165, 1.54) is 11.1 Å². The Morgan fingerprint density at radius 3 is 2.19 bits per heavy atom. The molecule has 112 valence electrons. The Morgan fingerprint density at radius 1 is 1.00 bits per heavy atom. The summed E-state index contributed by atoms with van der Waals surface area (Å²) >= 11 is 10.7. The van der Waals surface area contributed by atoms with Gasteiger partial charge in [-0.15, -0.1) is 0 Å². The van der Waals surface area contributed by atoms with E-state index in [1.807, 2.05) is 12.1 Å². The lowest BCUT2D eigenvalue weighted by Crippen LogP contribution is -2.22. The Balaban J connectivity index is 2.45. The predicted molar refractivity (Wildman–Crippen MR) is 98.1 cm³/mol. The fourth-order valence-electron chi connectivity index (χ4n) is 2.24. The summed E-state index contributed by atoms with van der Waals surface area (Å²) in [6.07, 6.45) is 0. The van der Waals surface area contributed by atoms with Crippen molar-refractivity contribution in [2.75, 3.05) is 13.7 Å². The molecule has 2 aromatic rings. The van der Waals surface area contributed by atoms with Crippen molar-refractivity contribution >= 4 is 47.8 Å². The van der Waals surface area contributed by atoms with Crippen molar-refractivity contribution in [1.82, 2.24) is 5.32 Å². The monoisotopic (exact) mass is 475 g/mol. The van der Waals surface area contributed by atoms with Crippen LogP contribution < -0.4 is 10.1 Å². The first-order valence-electron chi connectivity index (χ1n) is 6.58. The van der Waals surface area contributed by atoms with Crippen molar-refractivity contribution in [3.8, 4) is 5.75 Å². The summed E-state index contributed by atoms with van der Waals surface area (Å²) in [5, 5.41) is 3.53. The topological polar surface area (TPSA) is 21.3 Å². The summed E-state index contributed by atoms with van der Waals surface area (Å²) in [6, 6.07) is 12.6. The van der Waals surface area contributed by atoms with Crippen LogP contribution in [0.2, 0.25) is 0 Å². The fourth-order valence-corrected chi connectivity index (χ4v) is 4.12. The van der Waals surface area contributed by atoms with Crippen LogP contribution in [0.15, 0.2) is 49.8 Å². The minimum atomic E-state index is 0.131. The molecule has 5 heteroatoms. The predicted octanol–water partition coefficient (Wildman–Crippen LogP) is 5.68. The van der Waals surface area contributed by atoms with Gasteiger partial charge in [0.25, 0.3) is 0 Å². The number of rotatable bonds is 5. The highest BCUT2D eigenvalue weighted by atomic mass is 79.9. The molecule has 0 fully saturated rings. The minimum absolute atomic E-state index is 0.131. The molecular formula is C16H16Br3NO. The average Bonchev–Trinajstić information content (AvgIpc) is 2.43. The summed E-state index contributed by atoms with van der Waals surface area (Å²) in [6.45, 7) is 3.00. The molecule has 0 aliphatic heterocycles. The Bertz CT molecular complexity index is 611. The fraction of sp³-hybridized carbons (Fsp3) is 0.250.